The van der Waals surface area contributed by atoms with Gasteiger partial charge in [0.2, 0.25) is 5.91 Å². The van der Waals surface area contributed by atoms with Crippen LogP contribution in [-0.2, 0) is 9.59 Å². The summed E-state index contributed by atoms with van der Waals surface area (Å²) in [6.07, 6.45) is 5.56. The molecule has 0 aromatic carbocycles. The fourth-order valence-corrected chi connectivity index (χ4v) is 1.88. The predicted octanol–water partition coefficient (Wildman–Crippen LogP) is -0.406. The normalized spacial score (nSPS) is 24.8. The first kappa shape index (κ1) is 13.4. The highest BCUT2D eigenvalue weighted by molar-refractivity contribution is 5.84. The van der Waals surface area contributed by atoms with Crippen LogP contribution in [0.4, 0.5) is 4.79 Å². The van der Waals surface area contributed by atoms with Crippen molar-refractivity contribution in [1.82, 2.24) is 16.0 Å². The van der Waals surface area contributed by atoms with Gasteiger partial charge >= 0.3 is 12.0 Å². The summed E-state index contributed by atoms with van der Waals surface area (Å²) in [7, 11) is 0. The zero-order valence-corrected chi connectivity index (χ0v) is 10.4. The molecule has 0 bridgehead atoms. The Labute approximate surface area is 110 Å². The molecule has 0 aromatic rings. The summed E-state index contributed by atoms with van der Waals surface area (Å²) in [5.74, 6) is -1.66. The molecule has 2 aliphatic carbocycles. The minimum absolute atomic E-state index is 0.0683. The van der Waals surface area contributed by atoms with Crippen molar-refractivity contribution < 1.29 is 19.5 Å². The highest BCUT2D eigenvalue weighted by Crippen LogP contribution is 2.18. The number of carboxylic acids is 1. The zero-order valence-electron chi connectivity index (χ0n) is 10.4. The quantitative estimate of drug-likeness (QED) is 0.508. The Bertz CT molecular complexity index is 417. The van der Waals surface area contributed by atoms with E-state index in [2.05, 4.69) is 16.0 Å². The molecule has 3 amide bonds. The van der Waals surface area contributed by atoms with Gasteiger partial charge in [-0.3, -0.25) is 9.59 Å². The molecule has 4 N–H and O–H groups in total. The smallest absolute Gasteiger partial charge is 0.315 e. The van der Waals surface area contributed by atoms with Gasteiger partial charge in [0.15, 0.2) is 0 Å². The van der Waals surface area contributed by atoms with Gasteiger partial charge in [0.25, 0.3) is 0 Å². The Morgan fingerprint density at radius 2 is 1.89 bits per heavy atom. The maximum absolute atomic E-state index is 11.5. The van der Waals surface area contributed by atoms with Crippen molar-refractivity contribution in [3.8, 4) is 0 Å². The number of rotatable bonds is 5. The van der Waals surface area contributed by atoms with Gasteiger partial charge in [-0.25, -0.2) is 4.79 Å². The van der Waals surface area contributed by atoms with Gasteiger partial charge in [-0.15, -0.1) is 0 Å². The monoisotopic (exact) mass is 267 g/mol. The van der Waals surface area contributed by atoms with E-state index in [1.807, 2.05) is 0 Å². The standard InChI is InChI=1S/C12H17N3O4/c16-10(14-8-3-4-8)6-13-12(19)15-9-2-1-7(5-9)11(17)18/h1-2,7-9H,3-6H2,(H,14,16)(H,17,18)(H2,13,15,19). The van der Waals surface area contributed by atoms with Gasteiger partial charge in [0.05, 0.1) is 18.5 Å². The lowest BCUT2D eigenvalue weighted by Crippen LogP contribution is -2.45. The highest BCUT2D eigenvalue weighted by Gasteiger charge is 2.26. The summed E-state index contributed by atoms with van der Waals surface area (Å²) < 4.78 is 0. The van der Waals surface area contributed by atoms with Crippen molar-refractivity contribution in [2.24, 2.45) is 5.92 Å². The van der Waals surface area contributed by atoms with Crippen LogP contribution >= 0.6 is 0 Å². The number of carboxylic acid groups (broad SMARTS) is 1. The lowest BCUT2D eigenvalue weighted by Gasteiger charge is -2.13. The molecule has 1 fully saturated rings. The Morgan fingerprint density at radius 3 is 2.47 bits per heavy atom. The number of hydrogen-bond acceptors (Lipinski definition) is 3. The van der Waals surface area contributed by atoms with Gasteiger partial charge in [-0.2, -0.15) is 0 Å². The van der Waals surface area contributed by atoms with Gasteiger partial charge in [-0.05, 0) is 19.3 Å². The van der Waals surface area contributed by atoms with Crippen LogP contribution in [-0.4, -0.2) is 41.6 Å². The molecule has 2 unspecified atom stereocenters. The van der Waals surface area contributed by atoms with Crippen molar-refractivity contribution >= 4 is 17.9 Å². The lowest BCUT2D eigenvalue weighted by molar-refractivity contribution is -0.140. The first-order valence-electron chi connectivity index (χ1n) is 6.29. The summed E-state index contributed by atoms with van der Waals surface area (Å²) in [6.45, 7) is -0.0683. The SMILES string of the molecule is O=C(CNC(=O)NC1C=CC(C(=O)O)C1)NC1CC1. The van der Waals surface area contributed by atoms with Gasteiger partial charge in [-0.1, -0.05) is 12.2 Å². The van der Waals surface area contributed by atoms with E-state index in [1.54, 1.807) is 12.2 Å². The average molecular weight is 267 g/mol. The lowest BCUT2D eigenvalue weighted by atomic mass is 10.1. The van der Waals surface area contributed by atoms with Crippen LogP contribution in [0, 0.1) is 5.92 Å². The molecule has 0 saturated heterocycles. The molecule has 19 heavy (non-hydrogen) atoms. The molecule has 104 valence electrons. The zero-order chi connectivity index (χ0) is 13.8. The molecule has 0 aliphatic heterocycles. The third-order valence-corrected chi connectivity index (χ3v) is 3.07. The number of amides is 3. The summed E-state index contributed by atoms with van der Waals surface area (Å²) in [4.78, 5) is 33.6. The molecule has 0 radical (unpaired) electrons. The number of urea groups is 1. The number of nitrogens with one attached hydrogen (secondary N) is 3. The predicted molar refractivity (Wildman–Crippen MR) is 66.4 cm³/mol. The Kier molecular flexibility index (Phi) is 4.03. The van der Waals surface area contributed by atoms with Crippen LogP contribution in [0.25, 0.3) is 0 Å². The minimum Gasteiger partial charge on any atom is -0.481 e. The van der Waals surface area contributed by atoms with Gasteiger partial charge in [0.1, 0.15) is 0 Å². The molecule has 2 aliphatic rings. The van der Waals surface area contributed by atoms with E-state index in [1.165, 1.54) is 0 Å². The Morgan fingerprint density at radius 1 is 1.16 bits per heavy atom. The molecule has 7 heteroatoms. The fourth-order valence-electron chi connectivity index (χ4n) is 1.88. The van der Waals surface area contributed by atoms with Crippen LogP contribution in [0.1, 0.15) is 19.3 Å². The second-order valence-corrected chi connectivity index (χ2v) is 4.84. The van der Waals surface area contributed by atoms with Crippen molar-refractivity contribution in [2.75, 3.05) is 6.54 Å². The molecule has 0 aromatic heterocycles. The van der Waals surface area contributed by atoms with Crippen LogP contribution in [0.5, 0.6) is 0 Å². The van der Waals surface area contributed by atoms with Crippen LogP contribution in [0.2, 0.25) is 0 Å². The molecule has 0 spiro atoms. The van der Waals surface area contributed by atoms with Crippen LogP contribution in [0.3, 0.4) is 0 Å². The molecule has 7 nitrogen and oxygen atoms in total. The van der Waals surface area contributed by atoms with Crippen molar-refractivity contribution in [3.05, 3.63) is 12.2 Å². The highest BCUT2D eigenvalue weighted by atomic mass is 16.4. The topological polar surface area (TPSA) is 108 Å². The summed E-state index contributed by atoms with van der Waals surface area (Å²) in [5.41, 5.74) is 0. The van der Waals surface area contributed by atoms with E-state index in [4.69, 9.17) is 5.11 Å². The van der Waals surface area contributed by atoms with Crippen molar-refractivity contribution in [3.63, 3.8) is 0 Å². The first-order valence-corrected chi connectivity index (χ1v) is 6.29. The largest absolute Gasteiger partial charge is 0.481 e. The van der Waals surface area contributed by atoms with E-state index in [-0.39, 0.29) is 24.5 Å². The third-order valence-electron chi connectivity index (χ3n) is 3.07. The maximum atomic E-state index is 11.5. The maximum Gasteiger partial charge on any atom is 0.315 e. The Hall–Kier alpha value is -2.05. The molecule has 1 saturated carbocycles. The van der Waals surface area contributed by atoms with E-state index in [9.17, 15) is 14.4 Å². The number of carbonyl (C=O) groups is 3. The second kappa shape index (κ2) is 5.73. The summed E-state index contributed by atoms with van der Waals surface area (Å²) in [6, 6.07) is -0.495. The number of carbonyl (C=O) groups excluding carboxylic acids is 2. The van der Waals surface area contributed by atoms with E-state index in [0.29, 0.717) is 6.42 Å². The third kappa shape index (κ3) is 4.27. The first-order chi connectivity index (χ1) is 9.04. The number of aliphatic carboxylic acids is 1. The van der Waals surface area contributed by atoms with Crippen LogP contribution in [0.15, 0.2) is 12.2 Å². The molecule has 2 rings (SSSR count). The molecular formula is C12H17N3O4. The van der Waals surface area contributed by atoms with E-state index in [0.717, 1.165) is 12.8 Å². The number of hydrogen-bond donors (Lipinski definition) is 4. The summed E-state index contributed by atoms with van der Waals surface area (Å²) in [5, 5.41) is 16.6. The van der Waals surface area contributed by atoms with Gasteiger partial charge < -0.3 is 21.1 Å². The van der Waals surface area contributed by atoms with E-state index < -0.39 is 17.9 Å². The average Bonchev–Trinajstić information content (AvgIpc) is 3.02. The minimum atomic E-state index is -0.898. The molecule has 0 heterocycles. The Balaban J connectivity index is 1.63. The summed E-state index contributed by atoms with van der Waals surface area (Å²) >= 11 is 0. The fraction of sp³-hybridized carbons (Fsp3) is 0.583. The van der Waals surface area contributed by atoms with Crippen molar-refractivity contribution in [1.29, 1.82) is 0 Å². The molecule has 2 atom stereocenters. The van der Waals surface area contributed by atoms with Crippen LogP contribution < -0.4 is 16.0 Å². The second-order valence-electron chi connectivity index (χ2n) is 4.84. The van der Waals surface area contributed by atoms with E-state index >= 15 is 0 Å². The van der Waals surface area contributed by atoms with Crippen molar-refractivity contribution in [2.45, 2.75) is 31.3 Å². The van der Waals surface area contributed by atoms with Gasteiger partial charge in [0, 0.05) is 6.04 Å². The molecular weight excluding hydrogens is 250 g/mol.